The highest BCUT2D eigenvalue weighted by atomic mass is 16.3. The van der Waals surface area contributed by atoms with E-state index in [9.17, 15) is 9.59 Å². The van der Waals surface area contributed by atoms with Gasteiger partial charge in [-0.2, -0.15) is 0 Å². The van der Waals surface area contributed by atoms with E-state index in [1.807, 2.05) is 0 Å². The molecule has 2 heterocycles. The number of rotatable bonds is 1. The number of hydrogen-bond donors (Lipinski definition) is 1. The van der Waals surface area contributed by atoms with E-state index in [2.05, 4.69) is 9.97 Å². The van der Waals surface area contributed by atoms with Gasteiger partial charge in [-0.1, -0.05) is 0 Å². The predicted molar refractivity (Wildman–Crippen MR) is 55.9 cm³/mol. The lowest BCUT2D eigenvalue weighted by atomic mass is 10.4. The van der Waals surface area contributed by atoms with Crippen molar-refractivity contribution in [3.8, 4) is 0 Å². The Balaban J connectivity index is 3.03. The minimum absolute atomic E-state index is 0.0798. The van der Waals surface area contributed by atoms with E-state index >= 15 is 0 Å². The summed E-state index contributed by atoms with van der Waals surface area (Å²) in [5.41, 5.74) is -0.380. The fourth-order valence-corrected chi connectivity index (χ4v) is 1.45. The zero-order chi connectivity index (χ0) is 11.9. The summed E-state index contributed by atoms with van der Waals surface area (Å²) in [6, 6.07) is 0. The second-order valence-electron chi connectivity index (χ2n) is 3.40. The molecule has 0 aromatic carbocycles. The Morgan fingerprint density at radius 2 is 2.00 bits per heavy atom. The number of hydrogen-bond acceptors (Lipinski definition) is 5. The number of aromatic nitrogens is 4. The molecule has 0 aliphatic carbocycles. The van der Waals surface area contributed by atoms with Gasteiger partial charge >= 0.3 is 5.69 Å². The Bertz CT molecular complexity index is 671. The zero-order valence-electron chi connectivity index (χ0n) is 8.84. The van der Waals surface area contributed by atoms with Crippen LogP contribution in [-0.4, -0.2) is 24.2 Å². The minimum atomic E-state index is -0.513. The lowest BCUT2D eigenvalue weighted by molar-refractivity contribution is 0.276. The molecule has 16 heavy (non-hydrogen) atoms. The van der Waals surface area contributed by atoms with Gasteiger partial charge in [-0.15, -0.1) is 0 Å². The molecule has 2 aromatic heterocycles. The average Bonchev–Trinajstić information content (AvgIpc) is 2.33. The van der Waals surface area contributed by atoms with E-state index in [4.69, 9.17) is 5.11 Å². The van der Waals surface area contributed by atoms with E-state index in [-0.39, 0.29) is 17.8 Å². The molecule has 0 saturated heterocycles. The Labute approximate surface area is 89.6 Å². The maximum absolute atomic E-state index is 11.7. The molecule has 0 radical (unpaired) electrons. The molecule has 0 bridgehead atoms. The number of aliphatic hydroxyl groups excluding tert-OH is 1. The maximum Gasteiger partial charge on any atom is 0.332 e. The van der Waals surface area contributed by atoms with Crippen molar-refractivity contribution >= 4 is 11.2 Å². The van der Waals surface area contributed by atoms with Gasteiger partial charge in [0.05, 0.1) is 18.5 Å². The van der Waals surface area contributed by atoms with Crippen molar-refractivity contribution in [2.45, 2.75) is 6.61 Å². The second kappa shape index (κ2) is 3.53. The summed E-state index contributed by atoms with van der Waals surface area (Å²) >= 11 is 0. The highest BCUT2D eigenvalue weighted by Crippen LogP contribution is 2.01. The Morgan fingerprint density at radius 1 is 1.31 bits per heavy atom. The van der Waals surface area contributed by atoms with Gasteiger partial charge in [0.25, 0.3) is 5.56 Å². The van der Waals surface area contributed by atoms with E-state index in [0.29, 0.717) is 5.69 Å². The van der Waals surface area contributed by atoms with Gasteiger partial charge < -0.3 is 5.11 Å². The largest absolute Gasteiger partial charge is 0.390 e. The summed E-state index contributed by atoms with van der Waals surface area (Å²) in [5, 5.41) is 8.90. The summed E-state index contributed by atoms with van der Waals surface area (Å²) in [6.45, 7) is -0.297. The first-order valence-corrected chi connectivity index (χ1v) is 4.58. The molecule has 2 rings (SSSR count). The summed E-state index contributed by atoms with van der Waals surface area (Å²) in [5.74, 6) is 0. The molecule has 84 valence electrons. The molecule has 0 saturated carbocycles. The van der Waals surface area contributed by atoms with Crippen LogP contribution in [0.25, 0.3) is 11.2 Å². The topological polar surface area (TPSA) is 90.0 Å². The molecular weight excluding hydrogens is 212 g/mol. The summed E-state index contributed by atoms with van der Waals surface area (Å²) in [6.07, 6.45) is 1.33. The normalized spacial score (nSPS) is 10.9. The number of nitrogens with zero attached hydrogens (tertiary/aromatic N) is 4. The third-order valence-electron chi connectivity index (χ3n) is 2.36. The fourth-order valence-electron chi connectivity index (χ4n) is 1.45. The third kappa shape index (κ3) is 1.33. The van der Waals surface area contributed by atoms with Crippen molar-refractivity contribution < 1.29 is 5.11 Å². The van der Waals surface area contributed by atoms with Gasteiger partial charge in [0.1, 0.15) is 0 Å². The molecule has 0 spiro atoms. The highest BCUT2D eigenvalue weighted by Gasteiger charge is 2.10. The van der Waals surface area contributed by atoms with Crippen LogP contribution in [0.4, 0.5) is 0 Å². The van der Waals surface area contributed by atoms with Gasteiger partial charge in [0.15, 0.2) is 11.2 Å². The molecule has 7 nitrogen and oxygen atoms in total. The van der Waals surface area contributed by atoms with Crippen molar-refractivity contribution in [3.05, 3.63) is 32.7 Å². The number of fused-ring (bicyclic) bond motifs is 1. The first kappa shape index (κ1) is 10.5. The van der Waals surface area contributed by atoms with Gasteiger partial charge in [-0.3, -0.25) is 13.9 Å². The quantitative estimate of drug-likeness (QED) is 0.635. The molecule has 0 aliphatic rings. The minimum Gasteiger partial charge on any atom is -0.390 e. The standard InChI is InChI=1S/C9H10N4O3/c1-12-7-6(8(15)13(2)9(12)16)11-5(4-14)3-10-7/h3,14H,4H2,1-2H3. The summed E-state index contributed by atoms with van der Waals surface area (Å²) in [7, 11) is 2.88. The van der Waals surface area contributed by atoms with E-state index in [1.165, 1.54) is 24.9 Å². The SMILES string of the molecule is Cn1c(=O)c2nc(CO)cnc2n(C)c1=O. The van der Waals surface area contributed by atoms with Crippen molar-refractivity contribution in [2.75, 3.05) is 0 Å². The van der Waals surface area contributed by atoms with Crippen LogP contribution in [0.5, 0.6) is 0 Å². The number of aryl methyl sites for hydroxylation is 1. The van der Waals surface area contributed by atoms with Crippen LogP contribution >= 0.6 is 0 Å². The molecule has 0 aliphatic heterocycles. The molecule has 0 unspecified atom stereocenters. The second-order valence-corrected chi connectivity index (χ2v) is 3.40. The van der Waals surface area contributed by atoms with Crippen molar-refractivity contribution in [2.24, 2.45) is 14.1 Å². The first-order chi connectivity index (χ1) is 7.56. The molecule has 7 heteroatoms. The lowest BCUT2D eigenvalue weighted by Gasteiger charge is -2.05. The van der Waals surface area contributed by atoms with Gasteiger partial charge in [-0.05, 0) is 0 Å². The molecule has 0 amide bonds. The van der Waals surface area contributed by atoms with E-state index in [0.717, 1.165) is 4.57 Å². The monoisotopic (exact) mass is 222 g/mol. The third-order valence-corrected chi connectivity index (χ3v) is 2.36. The lowest BCUT2D eigenvalue weighted by Crippen LogP contribution is -2.37. The Morgan fingerprint density at radius 3 is 2.62 bits per heavy atom. The molecule has 2 aromatic rings. The van der Waals surface area contributed by atoms with Crippen LogP contribution in [0.3, 0.4) is 0 Å². The van der Waals surface area contributed by atoms with E-state index < -0.39 is 11.2 Å². The van der Waals surface area contributed by atoms with Crippen LogP contribution in [0.2, 0.25) is 0 Å². The van der Waals surface area contributed by atoms with Crippen LogP contribution < -0.4 is 11.2 Å². The zero-order valence-corrected chi connectivity index (χ0v) is 8.84. The van der Waals surface area contributed by atoms with Crippen LogP contribution in [0, 0.1) is 0 Å². The molecular formula is C9H10N4O3. The smallest absolute Gasteiger partial charge is 0.332 e. The van der Waals surface area contributed by atoms with Crippen molar-refractivity contribution in [1.82, 2.24) is 19.1 Å². The summed E-state index contributed by atoms with van der Waals surface area (Å²) < 4.78 is 2.20. The van der Waals surface area contributed by atoms with Crippen molar-refractivity contribution in [1.29, 1.82) is 0 Å². The first-order valence-electron chi connectivity index (χ1n) is 4.58. The fraction of sp³-hybridized carbons (Fsp3) is 0.333. The van der Waals surface area contributed by atoms with Crippen LogP contribution in [0.1, 0.15) is 5.69 Å². The van der Waals surface area contributed by atoms with Gasteiger partial charge in [0.2, 0.25) is 0 Å². The van der Waals surface area contributed by atoms with Crippen LogP contribution in [-0.2, 0) is 20.7 Å². The molecule has 0 atom stereocenters. The van der Waals surface area contributed by atoms with Gasteiger partial charge in [-0.25, -0.2) is 14.8 Å². The number of aliphatic hydroxyl groups is 1. The summed E-state index contributed by atoms with van der Waals surface area (Å²) in [4.78, 5) is 31.2. The van der Waals surface area contributed by atoms with E-state index in [1.54, 1.807) is 0 Å². The maximum atomic E-state index is 11.7. The van der Waals surface area contributed by atoms with Crippen LogP contribution in [0.15, 0.2) is 15.8 Å². The highest BCUT2D eigenvalue weighted by molar-refractivity contribution is 5.68. The predicted octanol–water partition coefficient (Wildman–Crippen LogP) is -1.48. The molecule has 1 N–H and O–H groups in total. The Kier molecular flexibility index (Phi) is 2.31. The van der Waals surface area contributed by atoms with Gasteiger partial charge in [0, 0.05) is 14.1 Å². The average molecular weight is 222 g/mol. The van der Waals surface area contributed by atoms with Crippen molar-refractivity contribution in [3.63, 3.8) is 0 Å². The Hall–Kier alpha value is -2.02. The molecule has 0 fully saturated rings.